The number of rotatable bonds is 4. The number of hydrogen-bond acceptors (Lipinski definition) is 1. The molecule has 19 heavy (non-hydrogen) atoms. The van der Waals surface area contributed by atoms with Crippen LogP contribution < -0.4 is 4.74 Å². The zero-order chi connectivity index (χ0) is 13.8. The average molecular weight is 299 g/mol. The molecule has 0 aliphatic heterocycles. The van der Waals surface area contributed by atoms with Crippen LogP contribution in [-0.4, -0.2) is 7.11 Å². The van der Waals surface area contributed by atoms with Crippen molar-refractivity contribution < 1.29 is 9.13 Å². The maximum atomic E-state index is 13.9. The fourth-order valence-electron chi connectivity index (χ4n) is 1.88. The molecule has 0 aliphatic carbocycles. The van der Waals surface area contributed by atoms with Crippen molar-refractivity contribution in [2.24, 2.45) is 0 Å². The van der Waals surface area contributed by atoms with Gasteiger partial charge in [-0.25, -0.2) is 4.39 Å². The van der Waals surface area contributed by atoms with Crippen molar-refractivity contribution in [1.29, 1.82) is 0 Å². The summed E-state index contributed by atoms with van der Waals surface area (Å²) < 4.78 is 19.0. The molecule has 2 aromatic rings. The Morgan fingerprint density at radius 3 is 2.68 bits per heavy atom. The molecule has 1 nitrogen and oxygen atoms in total. The Morgan fingerprint density at radius 1 is 1.21 bits per heavy atom. The summed E-state index contributed by atoms with van der Waals surface area (Å²) in [6.45, 7) is 0. The molecule has 0 aliphatic rings. The molecule has 0 saturated heterocycles. The van der Waals surface area contributed by atoms with Gasteiger partial charge in [0, 0.05) is 5.56 Å². The van der Waals surface area contributed by atoms with Crippen LogP contribution in [0, 0.1) is 5.82 Å². The van der Waals surface area contributed by atoms with E-state index in [0.29, 0.717) is 12.0 Å². The van der Waals surface area contributed by atoms with Crippen LogP contribution >= 0.6 is 23.2 Å². The van der Waals surface area contributed by atoms with Gasteiger partial charge in [0.05, 0.1) is 17.5 Å². The molecule has 1 unspecified atom stereocenters. The summed E-state index contributed by atoms with van der Waals surface area (Å²) in [6, 6.07) is 12.4. The predicted octanol–water partition coefficient (Wildman–Crippen LogP) is 5.01. The first kappa shape index (κ1) is 14.2. The van der Waals surface area contributed by atoms with E-state index < -0.39 is 11.2 Å². The monoisotopic (exact) mass is 298 g/mol. The van der Waals surface area contributed by atoms with E-state index in [2.05, 4.69) is 0 Å². The summed E-state index contributed by atoms with van der Waals surface area (Å²) in [4.78, 5) is 0. The van der Waals surface area contributed by atoms with E-state index >= 15 is 0 Å². The SMILES string of the molecule is COc1cccc(CC(Cl)c2cccc(Cl)c2F)c1. The topological polar surface area (TPSA) is 9.23 Å². The fraction of sp³-hybridized carbons (Fsp3) is 0.200. The molecule has 0 N–H and O–H groups in total. The van der Waals surface area contributed by atoms with Gasteiger partial charge in [-0.1, -0.05) is 35.9 Å². The van der Waals surface area contributed by atoms with Crippen molar-refractivity contribution in [2.45, 2.75) is 11.8 Å². The summed E-state index contributed by atoms with van der Waals surface area (Å²) >= 11 is 12.0. The van der Waals surface area contributed by atoms with Gasteiger partial charge in [0.15, 0.2) is 0 Å². The molecule has 0 aromatic heterocycles. The molecule has 0 saturated carbocycles. The molecule has 0 bridgehead atoms. The van der Waals surface area contributed by atoms with Crippen LogP contribution in [0.1, 0.15) is 16.5 Å². The maximum absolute atomic E-state index is 13.9. The molecule has 0 fully saturated rings. The normalized spacial score (nSPS) is 12.2. The molecule has 2 aromatic carbocycles. The molecule has 0 amide bonds. The smallest absolute Gasteiger partial charge is 0.146 e. The minimum atomic E-state index is -0.467. The van der Waals surface area contributed by atoms with Gasteiger partial charge < -0.3 is 4.74 Å². The zero-order valence-corrected chi connectivity index (χ0v) is 11.9. The lowest BCUT2D eigenvalue weighted by Crippen LogP contribution is -2.00. The van der Waals surface area contributed by atoms with Crippen LogP contribution in [0.5, 0.6) is 5.75 Å². The van der Waals surface area contributed by atoms with Crippen LogP contribution in [0.4, 0.5) is 4.39 Å². The van der Waals surface area contributed by atoms with E-state index in [-0.39, 0.29) is 5.02 Å². The first-order chi connectivity index (χ1) is 9.11. The summed E-state index contributed by atoms with van der Waals surface area (Å²) in [5, 5.41) is -0.375. The van der Waals surface area contributed by atoms with Gasteiger partial charge in [0.1, 0.15) is 11.6 Å². The average Bonchev–Trinajstić information content (AvgIpc) is 2.42. The van der Waals surface area contributed by atoms with E-state index in [4.69, 9.17) is 27.9 Å². The van der Waals surface area contributed by atoms with Crippen molar-refractivity contribution >= 4 is 23.2 Å². The minimum Gasteiger partial charge on any atom is -0.497 e. The highest BCUT2D eigenvalue weighted by molar-refractivity contribution is 6.31. The van der Waals surface area contributed by atoms with Crippen molar-refractivity contribution in [1.82, 2.24) is 0 Å². The first-order valence-corrected chi connectivity index (χ1v) is 6.64. The van der Waals surface area contributed by atoms with Crippen LogP contribution in [0.15, 0.2) is 42.5 Å². The van der Waals surface area contributed by atoms with Crippen LogP contribution in [-0.2, 0) is 6.42 Å². The highest BCUT2D eigenvalue weighted by atomic mass is 35.5. The predicted molar refractivity (Wildman–Crippen MR) is 76.7 cm³/mol. The van der Waals surface area contributed by atoms with Crippen molar-refractivity contribution in [3.8, 4) is 5.75 Å². The number of methoxy groups -OCH3 is 1. The van der Waals surface area contributed by atoms with Gasteiger partial charge in [-0.3, -0.25) is 0 Å². The third-order valence-electron chi connectivity index (χ3n) is 2.87. The van der Waals surface area contributed by atoms with Crippen molar-refractivity contribution in [3.63, 3.8) is 0 Å². The van der Waals surface area contributed by atoms with E-state index in [1.165, 1.54) is 6.07 Å². The van der Waals surface area contributed by atoms with Gasteiger partial charge in [0.2, 0.25) is 0 Å². The second-order valence-corrected chi connectivity index (χ2v) is 5.10. The lowest BCUT2D eigenvalue weighted by molar-refractivity contribution is 0.414. The number of hydrogen-bond donors (Lipinski definition) is 0. The molecular weight excluding hydrogens is 286 g/mol. The molecule has 2 rings (SSSR count). The molecule has 1 atom stereocenters. The Balaban J connectivity index is 2.20. The molecule has 0 spiro atoms. The third-order valence-corrected chi connectivity index (χ3v) is 3.55. The van der Waals surface area contributed by atoms with E-state index in [1.807, 2.05) is 24.3 Å². The second-order valence-electron chi connectivity index (χ2n) is 4.17. The summed E-state index contributed by atoms with van der Waals surface area (Å²) in [7, 11) is 1.61. The molecular formula is C15H13Cl2FO. The largest absolute Gasteiger partial charge is 0.497 e. The Labute approximate surface area is 121 Å². The number of ether oxygens (including phenoxy) is 1. The van der Waals surface area contributed by atoms with Crippen LogP contribution in [0.3, 0.4) is 0 Å². The Bertz CT molecular complexity index is 572. The lowest BCUT2D eigenvalue weighted by atomic mass is 10.0. The zero-order valence-electron chi connectivity index (χ0n) is 10.4. The van der Waals surface area contributed by atoms with Gasteiger partial charge in [-0.2, -0.15) is 0 Å². The Kier molecular flexibility index (Phi) is 4.67. The number of benzene rings is 2. The maximum Gasteiger partial charge on any atom is 0.146 e. The minimum absolute atomic E-state index is 0.0915. The van der Waals surface area contributed by atoms with E-state index in [1.54, 1.807) is 19.2 Å². The molecule has 0 heterocycles. The summed E-state index contributed by atoms with van der Waals surface area (Å²) in [6.07, 6.45) is 0.510. The van der Waals surface area contributed by atoms with Gasteiger partial charge in [-0.15, -0.1) is 11.6 Å². The van der Waals surface area contributed by atoms with Gasteiger partial charge >= 0.3 is 0 Å². The molecule has 100 valence electrons. The third kappa shape index (κ3) is 3.40. The summed E-state index contributed by atoms with van der Waals surface area (Å²) in [5.74, 6) is 0.306. The standard InChI is InChI=1S/C15H13Cl2FO/c1-19-11-5-2-4-10(8-11)9-14(17)12-6-3-7-13(16)15(12)18/h2-8,14H,9H2,1H3. The first-order valence-electron chi connectivity index (χ1n) is 5.82. The Hall–Kier alpha value is -1.25. The van der Waals surface area contributed by atoms with Crippen molar-refractivity contribution in [2.75, 3.05) is 7.11 Å². The van der Waals surface area contributed by atoms with Crippen LogP contribution in [0.2, 0.25) is 5.02 Å². The van der Waals surface area contributed by atoms with Gasteiger partial charge in [-0.05, 0) is 30.2 Å². The van der Waals surface area contributed by atoms with Crippen LogP contribution in [0.25, 0.3) is 0 Å². The van der Waals surface area contributed by atoms with Gasteiger partial charge in [0.25, 0.3) is 0 Å². The summed E-state index contributed by atoms with van der Waals surface area (Å²) in [5.41, 5.74) is 1.40. The van der Waals surface area contributed by atoms with E-state index in [0.717, 1.165) is 11.3 Å². The number of alkyl halides is 1. The quantitative estimate of drug-likeness (QED) is 0.721. The second kappa shape index (κ2) is 6.27. The van der Waals surface area contributed by atoms with Crippen molar-refractivity contribution in [3.05, 3.63) is 64.4 Å². The van der Waals surface area contributed by atoms with E-state index in [9.17, 15) is 4.39 Å². The fourth-order valence-corrected chi connectivity index (χ4v) is 2.41. The molecule has 4 heteroatoms. The lowest BCUT2D eigenvalue weighted by Gasteiger charge is -2.12. The Morgan fingerprint density at radius 2 is 1.95 bits per heavy atom. The number of halogens is 3. The highest BCUT2D eigenvalue weighted by Gasteiger charge is 2.15. The molecule has 0 radical (unpaired) electrons. The highest BCUT2D eigenvalue weighted by Crippen LogP contribution is 2.30.